The molecule has 2 aromatic rings. The number of nitrogens with zero attached hydrogens (tertiary/aromatic N) is 1. The van der Waals surface area contributed by atoms with Gasteiger partial charge in [0, 0.05) is 25.6 Å². The quantitative estimate of drug-likeness (QED) is 0.766. The van der Waals surface area contributed by atoms with Crippen molar-refractivity contribution in [2.24, 2.45) is 0 Å². The van der Waals surface area contributed by atoms with Gasteiger partial charge >= 0.3 is 6.18 Å². The van der Waals surface area contributed by atoms with Gasteiger partial charge in [0.1, 0.15) is 0 Å². The molecule has 0 amide bonds. The van der Waals surface area contributed by atoms with Crippen LogP contribution in [0.5, 0.6) is 11.5 Å². The Morgan fingerprint density at radius 2 is 1.60 bits per heavy atom. The van der Waals surface area contributed by atoms with Crippen LogP contribution in [0.15, 0.2) is 41.3 Å². The van der Waals surface area contributed by atoms with E-state index in [4.69, 9.17) is 9.47 Å². The van der Waals surface area contributed by atoms with E-state index >= 15 is 0 Å². The second-order valence-electron chi connectivity index (χ2n) is 7.19. The van der Waals surface area contributed by atoms with Crippen LogP contribution in [0.1, 0.15) is 24.8 Å². The van der Waals surface area contributed by atoms with Crippen LogP contribution in [0.4, 0.5) is 24.5 Å². The molecule has 0 bridgehead atoms. The fourth-order valence-corrected chi connectivity index (χ4v) is 4.62. The summed E-state index contributed by atoms with van der Waals surface area (Å²) in [5.74, 6) is 0.724. The molecule has 0 spiro atoms. The lowest BCUT2D eigenvalue weighted by atomic mass is 10.1. The van der Waals surface area contributed by atoms with Gasteiger partial charge in [-0.15, -0.1) is 0 Å². The second kappa shape index (κ2) is 7.90. The summed E-state index contributed by atoms with van der Waals surface area (Å²) in [7, 11) is -4.15. The van der Waals surface area contributed by atoms with Crippen molar-refractivity contribution in [3.63, 3.8) is 0 Å². The summed E-state index contributed by atoms with van der Waals surface area (Å²) in [6.07, 6.45) is -2.12. The van der Waals surface area contributed by atoms with Crippen molar-refractivity contribution in [1.82, 2.24) is 0 Å². The molecule has 4 rings (SSSR count). The molecule has 1 N–H and O–H groups in total. The Morgan fingerprint density at radius 3 is 2.30 bits per heavy atom. The Labute approximate surface area is 172 Å². The minimum absolute atomic E-state index is 0.0983. The van der Waals surface area contributed by atoms with Crippen LogP contribution in [-0.4, -0.2) is 34.7 Å². The molecule has 0 saturated carbocycles. The van der Waals surface area contributed by atoms with E-state index < -0.39 is 21.8 Å². The van der Waals surface area contributed by atoms with Gasteiger partial charge in [-0.1, -0.05) is 0 Å². The molecule has 2 heterocycles. The summed E-state index contributed by atoms with van der Waals surface area (Å²) in [5.41, 5.74) is -0.584. The van der Waals surface area contributed by atoms with Gasteiger partial charge in [0.25, 0.3) is 10.0 Å². The van der Waals surface area contributed by atoms with E-state index in [0.717, 1.165) is 25.0 Å². The third kappa shape index (κ3) is 4.28. The van der Waals surface area contributed by atoms with Crippen LogP contribution in [0.25, 0.3) is 0 Å². The fourth-order valence-electron chi connectivity index (χ4n) is 3.54. The summed E-state index contributed by atoms with van der Waals surface area (Å²) in [6, 6.07) is 7.29. The molecule has 1 fully saturated rings. The largest absolute Gasteiger partial charge is 0.490 e. The lowest BCUT2D eigenvalue weighted by molar-refractivity contribution is -0.137. The van der Waals surface area contributed by atoms with Gasteiger partial charge in [0.15, 0.2) is 11.5 Å². The molecule has 2 aliphatic heterocycles. The van der Waals surface area contributed by atoms with Crippen molar-refractivity contribution < 1.29 is 31.1 Å². The highest BCUT2D eigenvalue weighted by atomic mass is 32.2. The first kappa shape index (κ1) is 20.6. The van der Waals surface area contributed by atoms with E-state index in [-0.39, 0.29) is 10.6 Å². The topological polar surface area (TPSA) is 67.9 Å². The van der Waals surface area contributed by atoms with Crippen molar-refractivity contribution in [3.05, 3.63) is 42.0 Å². The van der Waals surface area contributed by atoms with Crippen molar-refractivity contribution in [2.75, 3.05) is 35.9 Å². The number of ether oxygens (including phenoxy) is 2. The Bertz CT molecular complexity index is 1030. The van der Waals surface area contributed by atoms with E-state index in [2.05, 4.69) is 4.72 Å². The molecule has 30 heavy (non-hydrogen) atoms. The van der Waals surface area contributed by atoms with E-state index in [0.29, 0.717) is 49.9 Å². The number of halogens is 3. The van der Waals surface area contributed by atoms with Crippen LogP contribution >= 0.6 is 0 Å². The zero-order valence-corrected chi connectivity index (χ0v) is 16.9. The van der Waals surface area contributed by atoms with Crippen LogP contribution in [0.3, 0.4) is 0 Å². The first-order valence-electron chi connectivity index (χ1n) is 9.63. The predicted molar refractivity (Wildman–Crippen MR) is 106 cm³/mol. The maximum absolute atomic E-state index is 13.2. The molecule has 0 aliphatic carbocycles. The molecule has 6 nitrogen and oxygen atoms in total. The number of anilines is 2. The number of sulfonamides is 1. The van der Waals surface area contributed by atoms with E-state index in [1.54, 1.807) is 0 Å². The first-order chi connectivity index (χ1) is 14.2. The summed E-state index contributed by atoms with van der Waals surface area (Å²) < 4.78 is 79.1. The van der Waals surface area contributed by atoms with Gasteiger partial charge in [0.05, 0.1) is 35.0 Å². The second-order valence-corrected chi connectivity index (χ2v) is 8.87. The SMILES string of the molecule is O=S(=O)(Nc1cc(C(F)(F)F)ccc1N1CCCC1)c1ccc2c(c1)OCCCO2. The van der Waals surface area contributed by atoms with Crippen molar-refractivity contribution in [2.45, 2.75) is 30.3 Å². The minimum atomic E-state index is -4.58. The summed E-state index contributed by atoms with van der Waals surface area (Å²) in [6.45, 7) is 2.16. The molecule has 1 saturated heterocycles. The van der Waals surface area contributed by atoms with Crippen LogP contribution in [0.2, 0.25) is 0 Å². The molecule has 0 unspecified atom stereocenters. The van der Waals surface area contributed by atoms with Gasteiger partial charge in [-0.25, -0.2) is 8.42 Å². The number of rotatable bonds is 4. The zero-order valence-electron chi connectivity index (χ0n) is 16.0. The van der Waals surface area contributed by atoms with Gasteiger partial charge in [-0.3, -0.25) is 4.72 Å². The number of fused-ring (bicyclic) bond motifs is 1. The maximum Gasteiger partial charge on any atom is 0.416 e. The lowest BCUT2D eigenvalue weighted by Crippen LogP contribution is -2.22. The Kier molecular flexibility index (Phi) is 5.44. The molecular weight excluding hydrogens is 421 g/mol. The van der Waals surface area contributed by atoms with Crippen LogP contribution in [-0.2, 0) is 16.2 Å². The molecular formula is C20H21F3N2O4S. The fraction of sp³-hybridized carbons (Fsp3) is 0.400. The normalized spacial score (nSPS) is 17.0. The molecule has 162 valence electrons. The molecule has 0 aromatic heterocycles. The molecule has 0 radical (unpaired) electrons. The molecule has 2 aromatic carbocycles. The van der Waals surface area contributed by atoms with E-state index in [1.165, 1.54) is 24.3 Å². The minimum Gasteiger partial charge on any atom is -0.490 e. The van der Waals surface area contributed by atoms with Gasteiger partial charge in [-0.05, 0) is 43.2 Å². The highest BCUT2D eigenvalue weighted by Crippen LogP contribution is 2.38. The van der Waals surface area contributed by atoms with Crippen molar-refractivity contribution >= 4 is 21.4 Å². The molecule has 10 heteroatoms. The van der Waals surface area contributed by atoms with Gasteiger partial charge in [-0.2, -0.15) is 13.2 Å². The smallest absolute Gasteiger partial charge is 0.416 e. The third-order valence-electron chi connectivity index (χ3n) is 5.04. The predicted octanol–water partition coefficient (Wildman–Crippen LogP) is 4.27. The average Bonchev–Trinajstić information content (AvgIpc) is 3.11. The summed E-state index contributed by atoms with van der Waals surface area (Å²) in [4.78, 5) is 1.77. The highest BCUT2D eigenvalue weighted by molar-refractivity contribution is 7.92. The average molecular weight is 442 g/mol. The van der Waals surface area contributed by atoms with Crippen LogP contribution in [0, 0.1) is 0 Å². The standard InChI is InChI=1S/C20H21F3N2O4S/c21-20(22,23)14-4-6-17(25-8-1-2-9-25)16(12-14)24-30(26,27)15-5-7-18-19(13-15)29-11-3-10-28-18/h4-7,12-13,24H,1-3,8-11H2. The van der Waals surface area contributed by atoms with E-state index in [9.17, 15) is 21.6 Å². The van der Waals surface area contributed by atoms with Crippen molar-refractivity contribution in [3.8, 4) is 11.5 Å². The van der Waals surface area contributed by atoms with E-state index in [1.807, 2.05) is 4.90 Å². The first-order valence-corrected chi connectivity index (χ1v) is 11.1. The maximum atomic E-state index is 13.2. The molecule has 0 atom stereocenters. The number of nitrogens with one attached hydrogen (secondary N) is 1. The number of alkyl halides is 3. The Balaban J connectivity index is 1.70. The van der Waals surface area contributed by atoms with Crippen molar-refractivity contribution in [1.29, 1.82) is 0 Å². The number of hydrogen-bond donors (Lipinski definition) is 1. The third-order valence-corrected chi connectivity index (χ3v) is 6.41. The number of hydrogen-bond acceptors (Lipinski definition) is 5. The number of benzene rings is 2. The lowest BCUT2D eigenvalue weighted by Gasteiger charge is -2.23. The summed E-state index contributed by atoms with van der Waals surface area (Å²) >= 11 is 0. The molecule has 2 aliphatic rings. The van der Waals surface area contributed by atoms with Gasteiger partial charge in [0.2, 0.25) is 0 Å². The summed E-state index contributed by atoms with van der Waals surface area (Å²) in [5, 5.41) is 0. The monoisotopic (exact) mass is 442 g/mol. The highest BCUT2D eigenvalue weighted by Gasteiger charge is 2.32. The Hall–Kier alpha value is -2.62. The zero-order chi connectivity index (χ0) is 21.4. The van der Waals surface area contributed by atoms with Gasteiger partial charge < -0.3 is 14.4 Å². The van der Waals surface area contributed by atoms with Crippen LogP contribution < -0.4 is 19.1 Å². The Morgan fingerprint density at radius 1 is 0.900 bits per heavy atom.